The van der Waals surface area contributed by atoms with Crippen molar-refractivity contribution in [3.8, 4) is 0 Å². The van der Waals surface area contributed by atoms with E-state index in [1.165, 1.54) is 17.5 Å². The number of carbonyl (C=O) groups is 1. The Labute approximate surface area is 261 Å². The number of hydrogen-bond acceptors (Lipinski definition) is 5. The van der Waals surface area contributed by atoms with Crippen LogP contribution in [0.2, 0.25) is 23.2 Å². The van der Waals surface area contributed by atoms with Crippen molar-refractivity contribution < 1.29 is 23.5 Å². The zero-order valence-electron chi connectivity index (χ0n) is 27.3. The molecule has 2 bridgehead atoms. The minimum atomic E-state index is -2.79. The van der Waals surface area contributed by atoms with Crippen LogP contribution in [0.3, 0.4) is 0 Å². The van der Waals surface area contributed by atoms with E-state index in [0.29, 0.717) is 18.6 Å². The molecule has 2 aromatic carbocycles. The van der Waals surface area contributed by atoms with E-state index in [9.17, 15) is 9.90 Å². The van der Waals surface area contributed by atoms with Crippen molar-refractivity contribution in [3.05, 3.63) is 84.5 Å². The van der Waals surface area contributed by atoms with Crippen LogP contribution in [0, 0.1) is 11.8 Å². The SMILES string of the molecule is C=C[C@@]1(O[Si](CC)(CC)CC)[C@@H]2CC[C@H]1C(=C(CCO[Si](c1ccccc1)(c1ccccc1)C(C)(C)C)C(=O)OC)[C@H]2O. The number of benzene rings is 2. The third-order valence-electron chi connectivity index (χ3n) is 10.5. The Morgan fingerprint density at radius 1 is 0.977 bits per heavy atom. The molecular weight excluding hydrogens is 569 g/mol. The average molecular weight is 621 g/mol. The average Bonchev–Trinajstić information content (AvgIpc) is 3.49. The summed E-state index contributed by atoms with van der Waals surface area (Å²) in [7, 11) is -3.40. The molecule has 2 aliphatic rings. The number of aliphatic hydroxyl groups excluding tert-OH is 1. The van der Waals surface area contributed by atoms with Gasteiger partial charge in [-0.25, -0.2) is 4.79 Å². The molecule has 0 unspecified atom stereocenters. The third-order valence-corrected chi connectivity index (χ3v) is 20.2. The molecule has 2 saturated carbocycles. The van der Waals surface area contributed by atoms with Crippen molar-refractivity contribution in [1.29, 1.82) is 0 Å². The maximum Gasteiger partial charge on any atom is 0.333 e. The Morgan fingerprint density at radius 3 is 1.95 bits per heavy atom. The van der Waals surface area contributed by atoms with Crippen LogP contribution in [0.5, 0.6) is 0 Å². The lowest BCUT2D eigenvalue weighted by molar-refractivity contribution is -0.136. The van der Waals surface area contributed by atoms with Gasteiger partial charge in [0.05, 0.1) is 18.8 Å². The quantitative estimate of drug-likeness (QED) is 0.116. The summed E-state index contributed by atoms with van der Waals surface area (Å²) in [5.74, 6) is -0.599. The summed E-state index contributed by atoms with van der Waals surface area (Å²) in [6.45, 7) is 18.0. The highest BCUT2D eigenvalue weighted by molar-refractivity contribution is 6.99. The first-order valence-electron chi connectivity index (χ1n) is 16.1. The van der Waals surface area contributed by atoms with E-state index in [1.807, 2.05) is 18.2 Å². The lowest BCUT2D eigenvalue weighted by atomic mass is 9.86. The van der Waals surface area contributed by atoms with Gasteiger partial charge in [-0.05, 0) is 52.0 Å². The Balaban J connectivity index is 1.75. The standard InChI is InChI=1S/C36H52O5Si2/c1-9-36(41-42(10-2,11-3)12-4)30-23-24-31(36)33(37)32(30)29(34(38)39-8)25-26-40-43(35(5,6)7,27-19-15-13-16-20-27)28-21-17-14-18-22-28/h9,13-22,30-31,33,37H,1,10-12,23-26H2,2-8H3/t30-,31+,33-,36-/m0/s1. The Morgan fingerprint density at radius 2 is 1.51 bits per heavy atom. The molecule has 0 saturated heterocycles. The van der Waals surface area contributed by atoms with Crippen molar-refractivity contribution in [2.75, 3.05) is 13.7 Å². The Kier molecular flexibility index (Phi) is 10.4. The molecule has 0 amide bonds. The smallest absolute Gasteiger partial charge is 0.333 e. The zero-order chi connectivity index (χ0) is 31.5. The van der Waals surface area contributed by atoms with Gasteiger partial charge in [-0.15, -0.1) is 6.58 Å². The van der Waals surface area contributed by atoms with E-state index in [-0.39, 0.29) is 16.9 Å². The fraction of sp³-hybridized carbons (Fsp3) is 0.528. The van der Waals surface area contributed by atoms with Crippen LogP contribution in [0.1, 0.15) is 60.8 Å². The fourth-order valence-electron chi connectivity index (χ4n) is 8.05. The topological polar surface area (TPSA) is 65.0 Å². The largest absolute Gasteiger partial charge is 0.466 e. The second-order valence-electron chi connectivity index (χ2n) is 13.3. The predicted molar refractivity (Wildman–Crippen MR) is 181 cm³/mol. The van der Waals surface area contributed by atoms with Gasteiger partial charge in [0.1, 0.15) is 0 Å². The van der Waals surface area contributed by atoms with Crippen LogP contribution in [-0.4, -0.2) is 53.1 Å². The number of fused-ring (bicyclic) bond motifs is 2. The first kappa shape index (κ1) is 33.6. The monoisotopic (exact) mass is 620 g/mol. The molecule has 234 valence electrons. The minimum Gasteiger partial charge on any atom is -0.466 e. The minimum absolute atomic E-state index is 0.0940. The molecule has 4 rings (SSSR count). The first-order valence-corrected chi connectivity index (χ1v) is 20.5. The number of esters is 1. The molecule has 2 fully saturated rings. The van der Waals surface area contributed by atoms with E-state index < -0.39 is 34.3 Å². The number of ether oxygens (including phenoxy) is 1. The van der Waals surface area contributed by atoms with Crippen LogP contribution < -0.4 is 10.4 Å². The van der Waals surface area contributed by atoms with Crippen molar-refractivity contribution in [3.63, 3.8) is 0 Å². The molecule has 5 nitrogen and oxygen atoms in total. The van der Waals surface area contributed by atoms with Crippen molar-refractivity contribution >= 4 is 33.0 Å². The maximum absolute atomic E-state index is 13.5. The van der Waals surface area contributed by atoms with Crippen LogP contribution in [-0.2, 0) is 18.4 Å². The van der Waals surface area contributed by atoms with Gasteiger partial charge in [0, 0.05) is 30.4 Å². The maximum atomic E-state index is 13.5. The number of methoxy groups -OCH3 is 1. The molecule has 0 radical (unpaired) electrons. The van der Waals surface area contributed by atoms with Crippen molar-refractivity contribution in [1.82, 2.24) is 0 Å². The number of hydrogen-bond donors (Lipinski definition) is 1. The van der Waals surface area contributed by atoms with Gasteiger partial charge in [0.2, 0.25) is 0 Å². The summed E-state index contributed by atoms with van der Waals surface area (Å²) in [5, 5.41) is 14.0. The van der Waals surface area contributed by atoms with Gasteiger partial charge in [-0.3, -0.25) is 0 Å². The normalized spacial score (nSPS) is 25.1. The van der Waals surface area contributed by atoms with Gasteiger partial charge < -0.3 is 18.7 Å². The Bertz CT molecular complexity index is 1230. The van der Waals surface area contributed by atoms with Crippen LogP contribution in [0.4, 0.5) is 0 Å². The highest BCUT2D eigenvalue weighted by Crippen LogP contribution is 2.60. The van der Waals surface area contributed by atoms with Gasteiger partial charge in [-0.1, -0.05) is 108 Å². The molecule has 0 heterocycles. The lowest BCUT2D eigenvalue weighted by Gasteiger charge is -2.43. The summed E-state index contributed by atoms with van der Waals surface area (Å²) < 4.78 is 19.7. The van der Waals surface area contributed by atoms with E-state index in [2.05, 4.69) is 96.7 Å². The molecule has 4 atom stereocenters. The molecule has 0 spiro atoms. The van der Waals surface area contributed by atoms with Gasteiger partial charge in [-0.2, -0.15) is 0 Å². The van der Waals surface area contributed by atoms with E-state index in [1.54, 1.807) is 0 Å². The third kappa shape index (κ3) is 5.79. The molecule has 2 aromatic rings. The highest BCUT2D eigenvalue weighted by atomic mass is 28.4. The van der Waals surface area contributed by atoms with E-state index in [0.717, 1.165) is 36.5 Å². The highest BCUT2D eigenvalue weighted by Gasteiger charge is 2.63. The second-order valence-corrected chi connectivity index (χ2v) is 22.3. The van der Waals surface area contributed by atoms with Crippen LogP contribution in [0.15, 0.2) is 84.5 Å². The molecule has 7 heteroatoms. The second kappa shape index (κ2) is 13.4. The summed E-state index contributed by atoms with van der Waals surface area (Å²) in [6, 6.07) is 24.1. The van der Waals surface area contributed by atoms with Crippen molar-refractivity contribution in [2.45, 2.75) is 95.7 Å². The number of rotatable bonds is 13. The van der Waals surface area contributed by atoms with Gasteiger partial charge in [0.25, 0.3) is 8.32 Å². The summed E-state index contributed by atoms with van der Waals surface area (Å²) in [4.78, 5) is 13.5. The zero-order valence-corrected chi connectivity index (χ0v) is 29.3. The molecule has 1 N–H and O–H groups in total. The number of aliphatic hydroxyl groups is 1. The van der Waals surface area contributed by atoms with Crippen LogP contribution >= 0.6 is 0 Å². The predicted octanol–water partition coefficient (Wildman–Crippen LogP) is 6.77. The summed E-state index contributed by atoms with van der Waals surface area (Å²) in [5.41, 5.74) is 0.660. The summed E-state index contributed by atoms with van der Waals surface area (Å²) >= 11 is 0. The molecule has 2 aliphatic carbocycles. The molecule has 0 aromatic heterocycles. The molecular formula is C36H52O5Si2. The van der Waals surface area contributed by atoms with Crippen molar-refractivity contribution in [2.24, 2.45) is 11.8 Å². The fourth-order valence-corrected chi connectivity index (χ4v) is 15.7. The molecule has 43 heavy (non-hydrogen) atoms. The lowest BCUT2D eigenvalue weighted by Crippen LogP contribution is -2.66. The van der Waals surface area contributed by atoms with E-state index in [4.69, 9.17) is 13.6 Å². The first-order chi connectivity index (χ1) is 20.5. The molecule has 0 aliphatic heterocycles. The van der Waals surface area contributed by atoms with E-state index >= 15 is 0 Å². The van der Waals surface area contributed by atoms with Crippen LogP contribution in [0.25, 0.3) is 0 Å². The Hall–Kier alpha value is -2.30. The summed E-state index contributed by atoms with van der Waals surface area (Å²) in [6.07, 6.45) is 3.26. The van der Waals surface area contributed by atoms with Gasteiger partial charge in [0.15, 0.2) is 8.32 Å². The van der Waals surface area contributed by atoms with Gasteiger partial charge >= 0.3 is 5.97 Å². The number of carbonyl (C=O) groups excluding carboxylic acids is 1.